The number of nitriles is 1. The number of thioether (sulfide) groups is 1. The van der Waals surface area contributed by atoms with Crippen molar-refractivity contribution >= 4 is 27.3 Å². The summed E-state index contributed by atoms with van der Waals surface area (Å²) in [5.74, 6) is 0.785. The molecule has 0 saturated carbocycles. The van der Waals surface area contributed by atoms with Gasteiger partial charge in [0, 0.05) is 28.6 Å². The van der Waals surface area contributed by atoms with Crippen LogP contribution in [0, 0.1) is 11.3 Å². The molecule has 6 heteroatoms. The van der Waals surface area contributed by atoms with Crippen LogP contribution in [0.2, 0.25) is 0 Å². The predicted molar refractivity (Wildman–Crippen MR) is 67.9 cm³/mol. The first-order chi connectivity index (χ1) is 8.00. The Bertz CT molecular complexity index is 576. The van der Waals surface area contributed by atoms with Gasteiger partial charge in [-0.05, 0) is 18.2 Å². The number of fused-ring (bicyclic) bond motifs is 1. The molecule has 1 atom stereocenters. The number of nitrogens with one attached hydrogen (secondary N) is 1. The van der Waals surface area contributed by atoms with Crippen LogP contribution < -0.4 is 5.32 Å². The average Bonchev–Trinajstić information content (AvgIpc) is 2.27. The Morgan fingerprint density at radius 1 is 1.59 bits per heavy atom. The molecule has 0 bridgehead atoms. The zero-order chi connectivity index (χ0) is 12.5. The Balaban J connectivity index is 2.30. The molecule has 1 heterocycles. The van der Waals surface area contributed by atoms with Crippen molar-refractivity contribution in [2.75, 3.05) is 17.3 Å². The monoisotopic (exact) mass is 268 g/mol. The molecule has 1 unspecified atom stereocenters. The van der Waals surface area contributed by atoms with Gasteiger partial charge < -0.3 is 5.32 Å². The minimum Gasteiger partial charge on any atom is -0.380 e. The highest BCUT2D eigenvalue weighted by atomic mass is 32.2. The second-order valence-electron chi connectivity index (χ2n) is 3.94. The summed E-state index contributed by atoms with van der Waals surface area (Å²) in [6.07, 6.45) is 1.66. The molecule has 0 amide bonds. The van der Waals surface area contributed by atoms with E-state index < -0.39 is 9.84 Å². The molecule has 4 nitrogen and oxygen atoms in total. The van der Waals surface area contributed by atoms with Crippen LogP contribution in [-0.2, 0) is 9.84 Å². The van der Waals surface area contributed by atoms with Crippen molar-refractivity contribution < 1.29 is 8.42 Å². The van der Waals surface area contributed by atoms with Crippen molar-refractivity contribution in [3.05, 3.63) is 18.2 Å². The fourth-order valence-corrected chi connectivity index (χ4v) is 3.44. The first-order valence-electron chi connectivity index (χ1n) is 5.11. The lowest BCUT2D eigenvalue weighted by molar-refractivity contribution is 0.601. The molecular weight excluding hydrogens is 256 g/mol. The van der Waals surface area contributed by atoms with Crippen LogP contribution in [0.1, 0.15) is 6.42 Å². The standard InChI is InChI=1S/C11H12N2O2S2/c1-17(14,15)9-2-3-10-11(6-9)16-7-8(13-10)4-5-12/h2-3,6,8,13H,4,7H2,1H3. The fraction of sp³-hybridized carbons (Fsp3) is 0.364. The van der Waals surface area contributed by atoms with Gasteiger partial charge in [-0.2, -0.15) is 5.26 Å². The largest absolute Gasteiger partial charge is 0.380 e. The van der Waals surface area contributed by atoms with Crippen molar-refractivity contribution in [3.8, 4) is 6.07 Å². The van der Waals surface area contributed by atoms with Crippen LogP contribution in [0.4, 0.5) is 5.69 Å². The quantitative estimate of drug-likeness (QED) is 0.887. The molecule has 1 N–H and O–H groups in total. The highest BCUT2D eigenvalue weighted by Gasteiger charge is 2.19. The maximum absolute atomic E-state index is 11.4. The van der Waals surface area contributed by atoms with E-state index in [2.05, 4.69) is 11.4 Å². The number of nitrogens with zero attached hydrogens (tertiary/aromatic N) is 1. The average molecular weight is 268 g/mol. The van der Waals surface area contributed by atoms with Crippen LogP contribution >= 0.6 is 11.8 Å². The molecule has 1 aliphatic rings. The summed E-state index contributed by atoms with van der Waals surface area (Å²) in [6, 6.07) is 7.32. The second kappa shape index (κ2) is 4.59. The fourth-order valence-electron chi connectivity index (χ4n) is 1.64. The van der Waals surface area contributed by atoms with Gasteiger partial charge in [-0.1, -0.05) is 0 Å². The van der Waals surface area contributed by atoms with E-state index in [0.717, 1.165) is 16.3 Å². The highest BCUT2D eigenvalue weighted by Crippen LogP contribution is 2.35. The second-order valence-corrected chi connectivity index (χ2v) is 7.02. The van der Waals surface area contributed by atoms with Crippen molar-refractivity contribution in [1.29, 1.82) is 5.26 Å². The predicted octanol–water partition coefficient (Wildman–Crippen LogP) is 1.89. The SMILES string of the molecule is CS(=O)(=O)c1ccc2c(c1)SCC(CC#N)N2. The van der Waals surface area contributed by atoms with Crippen LogP contribution in [0.25, 0.3) is 0 Å². The van der Waals surface area contributed by atoms with Gasteiger partial charge in [0.05, 0.1) is 17.4 Å². The van der Waals surface area contributed by atoms with E-state index in [1.807, 2.05) is 0 Å². The Morgan fingerprint density at radius 2 is 2.35 bits per heavy atom. The van der Waals surface area contributed by atoms with E-state index >= 15 is 0 Å². The summed E-state index contributed by atoms with van der Waals surface area (Å²) in [5, 5.41) is 11.9. The molecule has 2 rings (SSSR count). The first-order valence-corrected chi connectivity index (χ1v) is 7.99. The summed E-state index contributed by atoms with van der Waals surface area (Å²) in [5.41, 5.74) is 0.911. The third-order valence-corrected chi connectivity index (χ3v) is 4.85. The molecule has 0 spiro atoms. The molecule has 0 radical (unpaired) electrons. The molecule has 1 aliphatic heterocycles. The van der Waals surface area contributed by atoms with E-state index in [0.29, 0.717) is 11.3 Å². The van der Waals surface area contributed by atoms with E-state index in [1.54, 1.807) is 30.0 Å². The van der Waals surface area contributed by atoms with E-state index in [9.17, 15) is 8.42 Å². The Labute approximate surface area is 105 Å². The zero-order valence-corrected chi connectivity index (χ0v) is 10.9. The molecular formula is C11H12N2O2S2. The molecule has 17 heavy (non-hydrogen) atoms. The van der Waals surface area contributed by atoms with Gasteiger partial charge in [-0.25, -0.2) is 8.42 Å². The van der Waals surface area contributed by atoms with Crippen LogP contribution in [0.3, 0.4) is 0 Å². The highest BCUT2D eigenvalue weighted by molar-refractivity contribution is 7.99. The maximum atomic E-state index is 11.4. The lowest BCUT2D eigenvalue weighted by atomic mass is 10.2. The number of hydrogen-bond acceptors (Lipinski definition) is 5. The van der Waals surface area contributed by atoms with Crippen molar-refractivity contribution in [2.24, 2.45) is 0 Å². The Kier molecular flexibility index (Phi) is 3.31. The zero-order valence-electron chi connectivity index (χ0n) is 9.30. The summed E-state index contributed by atoms with van der Waals surface area (Å²) in [4.78, 5) is 1.27. The number of hydrogen-bond donors (Lipinski definition) is 1. The van der Waals surface area contributed by atoms with E-state index in [4.69, 9.17) is 5.26 Å². The molecule has 1 aromatic rings. The van der Waals surface area contributed by atoms with Crippen molar-refractivity contribution in [2.45, 2.75) is 22.3 Å². The molecule has 90 valence electrons. The minimum atomic E-state index is -3.15. The maximum Gasteiger partial charge on any atom is 0.175 e. The molecule has 0 fully saturated rings. The molecule has 1 aromatic carbocycles. The number of rotatable bonds is 2. The van der Waals surface area contributed by atoms with Crippen LogP contribution in [-0.4, -0.2) is 26.5 Å². The van der Waals surface area contributed by atoms with Gasteiger partial charge in [-0.15, -0.1) is 11.8 Å². The lowest BCUT2D eigenvalue weighted by Crippen LogP contribution is -2.25. The normalized spacial score (nSPS) is 18.9. The van der Waals surface area contributed by atoms with Gasteiger partial charge in [-0.3, -0.25) is 0 Å². The summed E-state index contributed by atoms with van der Waals surface area (Å²) in [6.45, 7) is 0. The van der Waals surface area contributed by atoms with E-state index in [-0.39, 0.29) is 6.04 Å². The summed E-state index contributed by atoms with van der Waals surface area (Å²) in [7, 11) is -3.15. The summed E-state index contributed by atoms with van der Waals surface area (Å²) < 4.78 is 22.8. The lowest BCUT2D eigenvalue weighted by Gasteiger charge is -2.25. The van der Waals surface area contributed by atoms with Crippen molar-refractivity contribution in [1.82, 2.24) is 0 Å². The first kappa shape index (κ1) is 12.3. The number of sulfone groups is 1. The van der Waals surface area contributed by atoms with Gasteiger partial charge in [0.25, 0.3) is 0 Å². The topological polar surface area (TPSA) is 70.0 Å². The van der Waals surface area contributed by atoms with Crippen molar-refractivity contribution in [3.63, 3.8) is 0 Å². The Hall–Kier alpha value is -1.19. The van der Waals surface area contributed by atoms with E-state index in [1.165, 1.54) is 6.26 Å². The molecule has 0 saturated heterocycles. The molecule has 0 aromatic heterocycles. The van der Waals surface area contributed by atoms with Crippen LogP contribution in [0.5, 0.6) is 0 Å². The third kappa shape index (κ3) is 2.73. The Morgan fingerprint density at radius 3 is 3.00 bits per heavy atom. The van der Waals surface area contributed by atoms with Crippen LogP contribution in [0.15, 0.2) is 28.0 Å². The number of benzene rings is 1. The smallest absolute Gasteiger partial charge is 0.175 e. The number of anilines is 1. The summed E-state index contributed by atoms with van der Waals surface area (Å²) >= 11 is 1.59. The van der Waals surface area contributed by atoms with Gasteiger partial charge in [0.2, 0.25) is 0 Å². The third-order valence-electron chi connectivity index (χ3n) is 2.52. The molecule has 0 aliphatic carbocycles. The minimum absolute atomic E-state index is 0.140. The van der Waals surface area contributed by atoms with Gasteiger partial charge in [0.15, 0.2) is 9.84 Å². The van der Waals surface area contributed by atoms with Gasteiger partial charge >= 0.3 is 0 Å². The van der Waals surface area contributed by atoms with Gasteiger partial charge in [0.1, 0.15) is 0 Å².